The molecule has 0 aliphatic heterocycles. The maximum Gasteiger partial charge on any atom is 0.267 e. The van der Waals surface area contributed by atoms with Crippen LogP contribution in [0, 0.1) is 0 Å². The van der Waals surface area contributed by atoms with E-state index in [1.54, 1.807) is 6.07 Å². The van der Waals surface area contributed by atoms with E-state index < -0.39 is 0 Å². The summed E-state index contributed by atoms with van der Waals surface area (Å²) in [5.74, 6) is -0.150. The Kier molecular flexibility index (Phi) is 4.93. The second-order valence-electron chi connectivity index (χ2n) is 5.55. The maximum atomic E-state index is 12.0. The summed E-state index contributed by atoms with van der Waals surface area (Å²) < 4.78 is 1.29. The molecule has 1 aliphatic carbocycles. The summed E-state index contributed by atoms with van der Waals surface area (Å²) in [6.07, 6.45) is 6.11. The molecule has 1 N–H and O–H groups in total. The molecule has 1 aromatic heterocycles. The maximum absolute atomic E-state index is 12.0. The third kappa shape index (κ3) is 3.68. The molecular weight excluding hydrogens is 254 g/mol. The first-order valence-electron chi connectivity index (χ1n) is 7.49. The fourth-order valence-corrected chi connectivity index (χ4v) is 2.45. The van der Waals surface area contributed by atoms with Crippen LogP contribution in [0.3, 0.4) is 0 Å². The first-order chi connectivity index (χ1) is 9.60. The van der Waals surface area contributed by atoms with Crippen LogP contribution in [-0.4, -0.2) is 21.7 Å². The highest BCUT2D eigenvalue weighted by Gasteiger charge is 2.14. The normalized spacial score (nSPS) is 16.1. The molecule has 0 spiro atoms. The zero-order valence-corrected chi connectivity index (χ0v) is 12.3. The molecule has 2 rings (SSSR count). The monoisotopic (exact) mass is 277 g/mol. The van der Waals surface area contributed by atoms with Crippen molar-refractivity contribution in [1.82, 2.24) is 15.1 Å². The van der Waals surface area contributed by atoms with E-state index >= 15 is 0 Å². The van der Waals surface area contributed by atoms with Crippen molar-refractivity contribution in [3.8, 4) is 0 Å². The fourth-order valence-electron chi connectivity index (χ4n) is 2.45. The van der Waals surface area contributed by atoms with Crippen LogP contribution in [0.4, 0.5) is 0 Å². The lowest BCUT2D eigenvalue weighted by Crippen LogP contribution is -2.38. The number of nitrogens with zero attached hydrogens (tertiary/aromatic N) is 2. The number of fused-ring (bicyclic) bond motifs is 1. The predicted octanol–water partition coefficient (Wildman–Crippen LogP) is 1.43. The molecule has 5 nitrogen and oxygen atoms in total. The Morgan fingerprint density at radius 2 is 2.15 bits per heavy atom. The minimum absolute atomic E-state index is 0.0104. The van der Waals surface area contributed by atoms with Gasteiger partial charge in [0, 0.05) is 12.1 Å². The molecule has 0 unspecified atom stereocenters. The third-order valence-electron chi connectivity index (χ3n) is 3.84. The van der Waals surface area contributed by atoms with Gasteiger partial charge in [-0.15, -0.1) is 0 Å². The molecule has 0 saturated carbocycles. The van der Waals surface area contributed by atoms with E-state index in [-0.39, 0.29) is 24.1 Å². The number of aryl methyl sites for hydroxylation is 2. The first-order valence-corrected chi connectivity index (χ1v) is 7.49. The zero-order chi connectivity index (χ0) is 14.5. The summed E-state index contributed by atoms with van der Waals surface area (Å²) in [5.41, 5.74) is 1.87. The molecule has 1 aromatic rings. The molecular formula is C15H23N3O2. The Morgan fingerprint density at radius 3 is 2.90 bits per heavy atom. The Balaban J connectivity index is 2.14. The van der Waals surface area contributed by atoms with Crippen molar-refractivity contribution in [1.29, 1.82) is 0 Å². The van der Waals surface area contributed by atoms with Gasteiger partial charge in [0.25, 0.3) is 5.56 Å². The van der Waals surface area contributed by atoms with Crippen molar-refractivity contribution in [2.75, 3.05) is 0 Å². The molecule has 1 atom stereocenters. The van der Waals surface area contributed by atoms with Gasteiger partial charge in [0.05, 0.1) is 5.69 Å². The van der Waals surface area contributed by atoms with Crippen LogP contribution < -0.4 is 10.9 Å². The van der Waals surface area contributed by atoms with Crippen LogP contribution in [0.2, 0.25) is 0 Å². The number of amides is 1. The average Bonchev–Trinajstić information content (AvgIpc) is 2.64. The predicted molar refractivity (Wildman–Crippen MR) is 77.7 cm³/mol. The van der Waals surface area contributed by atoms with Gasteiger partial charge < -0.3 is 5.32 Å². The lowest BCUT2D eigenvalue weighted by atomic mass is 10.1. The van der Waals surface area contributed by atoms with Gasteiger partial charge in [-0.1, -0.05) is 13.3 Å². The number of hydrogen-bond acceptors (Lipinski definition) is 3. The van der Waals surface area contributed by atoms with Crippen molar-refractivity contribution in [2.45, 2.75) is 65.0 Å². The van der Waals surface area contributed by atoms with Crippen LogP contribution in [0.25, 0.3) is 0 Å². The van der Waals surface area contributed by atoms with E-state index in [9.17, 15) is 9.59 Å². The van der Waals surface area contributed by atoms with E-state index in [0.29, 0.717) is 0 Å². The molecule has 1 aliphatic rings. The Morgan fingerprint density at radius 1 is 1.40 bits per heavy atom. The van der Waals surface area contributed by atoms with Gasteiger partial charge in [-0.3, -0.25) is 9.59 Å². The smallest absolute Gasteiger partial charge is 0.267 e. The molecule has 20 heavy (non-hydrogen) atoms. The highest BCUT2D eigenvalue weighted by Crippen LogP contribution is 2.16. The molecule has 1 heterocycles. The van der Waals surface area contributed by atoms with E-state index in [2.05, 4.69) is 10.4 Å². The second kappa shape index (κ2) is 6.68. The van der Waals surface area contributed by atoms with Gasteiger partial charge in [-0.05, 0) is 44.6 Å². The summed E-state index contributed by atoms with van der Waals surface area (Å²) >= 11 is 0. The van der Waals surface area contributed by atoms with Crippen LogP contribution in [0.1, 0.15) is 50.8 Å². The Bertz CT molecular complexity index is 536. The molecule has 5 heteroatoms. The quantitative estimate of drug-likeness (QED) is 0.847. The van der Waals surface area contributed by atoms with Crippen molar-refractivity contribution < 1.29 is 4.79 Å². The van der Waals surface area contributed by atoms with E-state index in [0.717, 1.165) is 43.4 Å². The lowest BCUT2D eigenvalue weighted by Gasteiger charge is -2.13. The number of carbonyl (C=O) groups excluding carboxylic acids is 1. The molecule has 0 aromatic carbocycles. The summed E-state index contributed by atoms with van der Waals surface area (Å²) in [6.45, 7) is 3.97. The van der Waals surface area contributed by atoms with E-state index in [1.807, 2.05) is 13.8 Å². The van der Waals surface area contributed by atoms with Crippen molar-refractivity contribution in [3.05, 3.63) is 27.7 Å². The lowest BCUT2D eigenvalue weighted by molar-refractivity contribution is -0.122. The van der Waals surface area contributed by atoms with Crippen LogP contribution >= 0.6 is 0 Å². The standard InChI is InChI=1S/C15H23N3O2/c1-3-11(2)16-14(19)10-18-15(20)9-12-7-5-4-6-8-13(12)17-18/h9,11H,3-8,10H2,1-2H3,(H,16,19)/t11-/m0/s1. The van der Waals surface area contributed by atoms with Crippen LogP contribution in [0.5, 0.6) is 0 Å². The zero-order valence-electron chi connectivity index (χ0n) is 12.3. The number of hydrogen-bond donors (Lipinski definition) is 1. The highest BCUT2D eigenvalue weighted by atomic mass is 16.2. The highest BCUT2D eigenvalue weighted by molar-refractivity contribution is 5.75. The van der Waals surface area contributed by atoms with Gasteiger partial charge in [-0.25, -0.2) is 4.68 Å². The van der Waals surface area contributed by atoms with Crippen LogP contribution in [-0.2, 0) is 24.2 Å². The van der Waals surface area contributed by atoms with Crippen molar-refractivity contribution in [3.63, 3.8) is 0 Å². The van der Waals surface area contributed by atoms with Gasteiger partial charge in [0.1, 0.15) is 6.54 Å². The third-order valence-corrected chi connectivity index (χ3v) is 3.84. The molecule has 0 radical (unpaired) electrons. The number of carbonyl (C=O) groups is 1. The molecule has 110 valence electrons. The van der Waals surface area contributed by atoms with Gasteiger partial charge in [0.2, 0.25) is 5.91 Å². The number of nitrogens with one attached hydrogen (secondary N) is 1. The second-order valence-corrected chi connectivity index (χ2v) is 5.55. The van der Waals surface area contributed by atoms with E-state index in [1.165, 1.54) is 11.1 Å². The largest absolute Gasteiger partial charge is 0.352 e. The van der Waals surface area contributed by atoms with Gasteiger partial charge >= 0.3 is 0 Å². The van der Waals surface area contributed by atoms with Crippen molar-refractivity contribution in [2.24, 2.45) is 0 Å². The fraction of sp³-hybridized carbons (Fsp3) is 0.667. The molecule has 0 fully saturated rings. The minimum atomic E-state index is -0.176. The summed E-state index contributed by atoms with van der Waals surface area (Å²) in [7, 11) is 0. The SMILES string of the molecule is CC[C@H](C)NC(=O)Cn1nc2c(cc1=O)CCCCC2. The minimum Gasteiger partial charge on any atom is -0.352 e. The van der Waals surface area contributed by atoms with Crippen LogP contribution in [0.15, 0.2) is 10.9 Å². The molecule has 0 bridgehead atoms. The van der Waals surface area contributed by atoms with Gasteiger partial charge in [-0.2, -0.15) is 5.10 Å². The summed E-state index contributed by atoms with van der Waals surface area (Å²) in [6, 6.07) is 1.78. The summed E-state index contributed by atoms with van der Waals surface area (Å²) in [4.78, 5) is 23.9. The molecule has 0 saturated heterocycles. The first kappa shape index (κ1) is 14.8. The van der Waals surface area contributed by atoms with E-state index in [4.69, 9.17) is 0 Å². The van der Waals surface area contributed by atoms with Crippen molar-refractivity contribution >= 4 is 5.91 Å². The Hall–Kier alpha value is -1.65. The topological polar surface area (TPSA) is 64.0 Å². The number of aromatic nitrogens is 2. The Labute approximate surface area is 119 Å². The van der Waals surface area contributed by atoms with Gasteiger partial charge in [0.15, 0.2) is 0 Å². The number of rotatable bonds is 4. The average molecular weight is 277 g/mol. The molecule has 1 amide bonds. The summed E-state index contributed by atoms with van der Waals surface area (Å²) in [5, 5.41) is 7.25.